The number of halogens is 3. The molecule has 1 heterocycles. The van der Waals surface area contributed by atoms with Crippen molar-refractivity contribution in [3.05, 3.63) is 18.0 Å². The van der Waals surface area contributed by atoms with Crippen LogP contribution in [0.3, 0.4) is 0 Å². The van der Waals surface area contributed by atoms with Gasteiger partial charge in [0.05, 0.1) is 12.1 Å². The Morgan fingerprint density at radius 3 is 2.58 bits per heavy atom. The van der Waals surface area contributed by atoms with Gasteiger partial charge in [-0.15, -0.1) is 0 Å². The van der Waals surface area contributed by atoms with E-state index in [4.69, 9.17) is 0 Å². The summed E-state index contributed by atoms with van der Waals surface area (Å²) in [6.45, 7) is 4.25. The highest BCUT2D eigenvalue weighted by molar-refractivity contribution is 5.83. The molecule has 0 spiro atoms. The summed E-state index contributed by atoms with van der Waals surface area (Å²) in [5.74, 6) is 4.36. The van der Waals surface area contributed by atoms with Crippen molar-refractivity contribution in [2.24, 2.45) is 52.8 Å². The molecule has 0 radical (unpaired) electrons. The first-order chi connectivity index (χ1) is 15.5. The second kappa shape index (κ2) is 7.08. The van der Waals surface area contributed by atoms with Crippen LogP contribution in [0.4, 0.5) is 13.2 Å². The van der Waals surface area contributed by atoms with E-state index in [0.29, 0.717) is 41.4 Å². The molecule has 1 N–H and O–H groups in total. The summed E-state index contributed by atoms with van der Waals surface area (Å²) in [6.07, 6.45) is 5.47. The summed E-state index contributed by atoms with van der Waals surface area (Å²) in [5.41, 5.74) is -1.47. The minimum Gasteiger partial charge on any atom is -0.390 e. The van der Waals surface area contributed by atoms with Gasteiger partial charge in [0.25, 0.3) is 0 Å². The standard InChI is InChI=1S/C26H35F3N2O2/c1-24(33)8-5-15-14(12-24)3-4-17-16(15)6-9-25(2)22(17)18-11-19(18)23(25)20(32)13-31-10-7-21(30-31)26(27,28)29/h7,10,14-19,22-23,33H,3-6,8-9,11-13H2,1-2H3/t14?,15?,16-,17-,18-,19+,22-,23-,24-,25+/m1/s1. The zero-order valence-electron chi connectivity index (χ0n) is 19.5. The van der Waals surface area contributed by atoms with Gasteiger partial charge >= 0.3 is 6.18 Å². The van der Waals surface area contributed by atoms with Crippen molar-refractivity contribution >= 4 is 5.78 Å². The lowest BCUT2D eigenvalue weighted by atomic mass is 9.48. The highest BCUT2D eigenvalue weighted by atomic mass is 19.4. The molecule has 0 aromatic carbocycles. The maximum Gasteiger partial charge on any atom is 0.435 e. The first-order valence-electron chi connectivity index (χ1n) is 12.8. The number of rotatable bonds is 3. The number of Topliss-reactive ketones (excluding diaryl/α,β-unsaturated/α-hetero) is 1. The van der Waals surface area contributed by atoms with Gasteiger partial charge < -0.3 is 5.11 Å². The normalized spacial score (nSPS) is 48.4. The summed E-state index contributed by atoms with van der Waals surface area (Å²) in [5, 5.41) is 14.2. The van der Waals surface area contributed by atoms with Gasteiger partial charge in [-0.1, -0.05) is 6.92 Å². The van der Waals surface area contributed by atoms with Crippen LogP contribution >= 0.6 is 0 Å². The molecule has 1 aromatic heterocycles. The van der Waals surface area contributed by atoms with Crippen LogP contribution in [0, 0.1) is 52.8 Å². The molecule has 0 saturated heterocycles. The molecule has 1 aromatic rings. The molecule has 0 amide bonds. The minimum absolute atomic E-state index is 0.0289. The van der Waals surface area contributed by atoms with Gasteiger partial charge in [-0.05, 0) is 111 Å². The van der Waals surface area contributed by atoms with Crippen LogP contribution in [0.25, 0.3) is 0 Å². The maximum absolute atomic E-state index is 13.5. The number of ketones is 1. The summed E-state index contributed by atoms with van der Waals surface area (Å²) in [4.78, 5) is 13.5. The third-order valence-corrected chi connectivity index (χ3v) is 10.6. The fourth-order valence-electron chi connectivity index (χ4n) is 9.51. The topological polar surface area (TPSA) is 55.1 Å². The van der Waals surface area contributed by atoms with Gasteiger partial charge in [0.15, 0.2) is 11.5 Å². The fourth-order valence-corrected chi connectivity index (χ4v) is 9.51. The van der Waals surface area contributed by atoms with Gasteiger partial charge in [0.2, 0.25) is 0 Å². The maximum atomic E-state index is 13.5. The highest BCUT2D eigenvalue weighted by Gasteiger charge is 2.70. The van der Waals surface area contributed by atoms with Crippen LogP contribution in [0.1, 0.15) is 70.9 Å². The van der Waals surface area contributed by atoms with Crippen LogP contribution < -0.4 is 0 Å². The van der Waals surface area contributed by atoms with Crippen molar-refractivity contribution in [3.8, 4) is 0 Å². The van der Waals surface area contributed by atoms with Gasteiger partial charge in [0.1, 0.15) is 0 Å². The van der Waals surface area contributed by atoms with Crippen LogP contribution in [0.2, 0.25) is 0 Å². The third-order valence-electron chi connectivity index (χ3n) is 10.6. The average molecular weight is 465 g/mol. The quantitative estimate of drug-likeness (QED) is 0.656. The highest BCUT2D eigenvalue weighted by Crippen LogP contribution is 2.74. The first-order valence-corrected chi connectivity index (χ1v) is 12.8. The second-order valence-corrected chi connectivity index (χ2v) is 12.5. The summed E-state index contributed by atoms with van der Waals surface area (Å²) in [7, 11) is 0. The van der Waals surface area contributed by atoms with Crippen molar-refractivity contribution < 1.29 is 23.1 Å². The van der Waals surface area contributed by atoms with E-state index in [2.05, 4.69) is 12.0 Å². The lowest BCUT2D eigenvalue weighted by Crippen LogP contribution is -2.52. The first kappa shape index (κ1) is 22.1. The van der Waals surface area contributed by atoms with Gasteiger partial charge in [-0.25, -0.2) is 0 Å². The van der Waals surface area contributed by atoms with Gasteiger partial charge in [0, 0.05) is 12.1 Å². The van der Waals surface area contributed by atoms with E-state index in [1.165, 1.54) is 23.7 Å². The minimum atomic E-state index is -4.48. The van der Waals surface area contributed by atoms with E-state index in [9.17, 15) is 23.1 Å². The molecule has 6 rings (SSSR count). The zero-order chi connectivity index (χ0) is 23.3. The lowest BCUT2D eigenvalue weighted by Gasteiger charge is -2.57. The Kier molecular flexibility index (Phi) is 4.74. The van der Waals surface area contributed by atoms with E-state index in [0.717, 1.165) is 44.6 Å². The van der Waals surface area contributed by atoms with Crippen molar-refractivity contribution in [2.75, 3.05) is 0 Å². The molecule has 0 bridgehead atoms. The smallest absolute Gasteiger partial charge is 0.390 e. The summed E-state index contributed by atoms with van der Waals surface area (Å²) < 4.78 is 40.0. The molecule has 33 heavy (non-hydrogen) atoms. The Morgan fingerprint density at radius 2 is 1.85 bits per heavy atom. The number of hydrogen-bond donors (Lipinski definition) is 1. The Morgan fingerprint density at radius 1 is 1.09 bits per heavy atom. The van der Waals surface area contributed by atoms with Crippen LogP contribution in [-0.4, -0.2) is 26.3 Å². The molecule has 0 aliphatic heterocycles. The molecule has 7 heteroatoms. The van der Waals surface area contributed by atoms with Crippen molar-refractivity contribution in [1.82, 2.24) is 9.78 Å². The molecule has 5 aliphatic rings. The largest absolute Gasteiger partial charge is 0.435 e. The molecule has 5 saturated carbocycles. The average Bonchev–Trinajstić information content (AvgIpc) is 3.20. The number of aliphatic hydroxyl groups is 1. The fraction of sp³-hybridized carbons (Fsp3) is 0.846. The number of nitrogens with zero attached hydrogens (tertiary/aromatic N) is 2. The van der Waals surface area contributed by atoms with Gasteiger partial charge in [-0.2, -0.15) is 18.3 Å². The van der Waals surface area contributed by atoms with E-state index < -0.39 is 17.5 Å². The molecule has 10 atom stereocenters. The monoisotopic (exact) mass is 464 g/mol. The van der Waals surface area contributed by atoms with Crippen molar-refractivity contribution in [2.45, 2.75) is 83.5 Å². The molecule has 4 nitrogen and oxygen atoms in total. The van der Waals surface area contributed by atoms with E-state index in [-0.39, 0.29) is 23.7 Å². The zero-order valence-corrected chi connectivity index (χ0v) is 19.5. The van der Waals surface area contributed by atoms with Gasteiger partial charge in [-0.3, -0.25) is 9.48 Å². The molecule has 182 valence electrons. The van der Waals surface area contributed by atoms with Crippen LogP contribution in [0.5, 0.6) is 0 Å². The third kappa shape index (κ3) is 3.42. The second-order valence-electron chi connectivity index (χ2n) is 12.5. The summed E-state index contributed by atoms with van der Waals surface area (Å²) in [6, 6.07) is 0.956. The number of carbonyl (C=O) groups is 1. The molecular weight excluding hydrogens is 429 g/mol. The van der Waals surface area contributed by atoms with Crippen molar-refractivity contribution in [1.29, 1.82) is 0 Å². The Balaban J connectivity index is 1.20. The summed E-state index contributed by atoms with van der Waals surface area (Å²) >= 11 is 0. The molecule has 5 aliphatic carbocycles. The SMILES string of the molecule is C[C@@]1(O)CCC2C(CC[C@H]3[C@@H]4[C@@H]5C[C@@H]5[C@H](C(=O)Cn5ccc(C(F)(F)F)n5)[C@@]4(C)CC[C@H]23)C1. The predicted octanol–water partition coefficient (Wildman–Crippen LogP) is 5.35. The number of alkyl halides is 3. The molecular formula is C26H35F3N2O2. The van der Waals surface area contributed by atoms with Crippen LogP contribution in [0.15, 0.2) is 12.3 Å². The van der Waals surface area contributed by atoms with Crippen LogP contribution in [-0.2, 0) is 17.5 Å². The van der Waals surface area contributed by atoms with E-state index >= 15 is 0 Å². The molecule has 2 unspecified atom stereocenters. The van der Waals surface area contributed by atoms with E-state index in [1.54, 1.807) is 0 Å². The molecule has 5 fully saturated rings. The number of fused-ring (bicyclic) bond motifs is 7. The Hall–Kier alpha value is -1.37. The predicted molar refractivity (Wildman–Crippen MR) is 116 cm³/mol. The van der Waals surface area contributed by atoms with Crippen molar-refractivity contribution in [3.63, 3.8) is 0 Å². The number of aromatic nitrogens is 2. The Bertz CT molecular complexity index is 956. The Labute approximate surface area is 193 Å². The number of carbonyl (C=O) groups excluding carboxylic acids is 1. The lowest BCUT2D eigenvalue weighted by molar-refractivity contribution is -0.142. The number of hydrogen-bond acceptors (Lipinski definition) is 3. The van der Waals surface area contributed by atoms with E-state index in [1.807, 2.05) is 6.92 Å².